The Morgan fingerprint density at radius 1 is 1.15 bits per heavy atom. The fourth-order valence-corrected chi connectivity index (χ4v) is 6.60. The zero-order valence-electron chi connectivity index (χ0n) is 26.4. The van der Waals surface area contributed by atoms with Crippen molar-refractivity contribution in [3.05, 3.63) is 46.7 Å². The lowest BCUT2D eigenvalue weighted by Gasteiger charge is -2.43. The maximum atomic E-state index is 13.8. The second kappa shape index (κ2) is 17.2. The van der Waals surface area contributed by atoms with E-state index < -0.39 is 59.8 Å². The third-order valence-electron chi connectivity index (χ3n) is 8.62. The molecule has 0 aromatic carbocycles. The Hall–Kier alpha value is -3.11. The van der Waals surface area contributed by atoms with Gasteiger partial charge in [-0.1, -0.05) is 13.3 Å². The van der Waals surface area contributed by atoms with E-state index in [0.717, 1.165) is 25.0 Å². The van der Waals surface area contributed by atoms with Gasteiger partial charge in [-0.25, -0.2) is 9.59 Å². The van der Waals surface area contributed by atoms with Crippen LogP contribution in [-0.4, -0.2) is 98.5 Å². The highest BCUT2D eigenvalue weighted by atomic mass is 32.2. The maximum Gasteiger partial charge on any atom is 0.519 e. The molecule has 2 aromatic rings. The van der Waals surface area contributed by atoms with E-state index in [1.165, 1.54) is 23.6 Å². The molecule has 2 amide bonds. The number of aromatic nitrogens is 1. The highest BCUT2D eigenvalue weighted by Gasteiger charge is 2.47. The molecule has 4 N–H and O–H groups in total. The van der Waals surface area contributed by atoms with Crippen LogP contribution in [0.4, 0.5) is 4.79 Å². The van der Waals surface area contributed by atoms with E-state index in [-0.39, 0.29) is 30.6 Å². The molecule has 0 spiro atoms. The van der Waals surface area contributed by atoms with Crippen molar-refractivity contribution in [2.75, 3.05) is 19.4 Å². The van der Waals surface area contributed by atoms with Gasteiger partial charge in [-0.15, -0.1) is 11.8 Å². The molecule has 2 saturated heterocycles. The summed E-state index contributed by atoms with van der Waals surface area (Å²) in [6.45, 7) is 3.81. The quantitative estimate of drug-likeness (QED) is 0.228. The van der Waals surface area contributed by atoms with Crippen molar-refractivity contribution in [3.63, 3.8) is 0 Å². The first-order chi connectivity index (χ1) is 22.1. The van der Waals surface area contributed by atoms with E-state index in [1.807, 2.05) is 12.1 Å². The molecule has 2 fully saturated rings. The third kappa shape index (κ3) is 9.25. The maximum absolute atomic E-state index is 13.8. The van der Waals surface area contributed by atoms with Gasteiger partial charge >= 0.3 is 11.9 Å². The van der Waals surface area contributed by atoms with Gasteiger partial charge in [-0.05, 0) is 69.8 Å². The summed E-state index contributed by atoms with van der Waals surface area (Å²) in [5, 5.41) is 34.4. The van der Waals surface area contributed by atoms with E-state index in [9.17, 15) is 29.7 Å². The SMILES string of the molecule is CC[C@@H](NC(=O)[C@@H]1CC[C@H](CCCCOc2cccnc2)CCN1C(=O)OCc1oc(=O)oc1C)[C@H]1O[C@H](SC)[C@H](O)[C@@H](O)[C@H]1O. The van der Waals surface area contributed by atoms with Crippen LogP contribution in [0.2, 0.25) is 0 Å². The van der Waals surface area contributed by atoms with Crippen molar-refractivity contribution in [2.24, 2.45) is 5.92 Å². The Balaban J connectivity index is 1.41. The predicted molar refractivity (Wildman–Crippen MR) is 166 cm³/mol. The van der Waals surface area contributed by atoms with E-state index >= 15 is 0 Å². The third-order valence-corrected chi connectivity index (χ3v) is 9.47. The molecule has 0 radical (unpaired) electrons. The Morgan fingerprint density at radius 3 is 2.63 bits per heavy atom. The van der Waals surface area contributed by atoms with E-state index in [2.05, 4.69) is 10.3 Å². The van der Waals surface area contributed by atoms with Gasteiger partial charge in [0.25, 0.3) is 0 Å². The molecule has 14 nitrogen and oxygen atoms in total. The Bertz CT molecular complexity index is 1310. The minimum Gasteiger partial charge on any atom is -0.492 e. The molecule has 0 saturated carbocycles. The van der Waals surface area contributed by atoms with Crippen LogP contribution in [0.1, 0.15) is 63.4 Å². The minimum atomic E-state index is -1.45. The highest BCUT2D eigenvalue weighted by Crippen LogP contribution is 2.31. The lowest BCUT2D eigenvalue weighted by molar-refractivity contribution is -0.205. The van der Waals surface area contributed by atoms with Gasteiger partial charge < -0.3 is 43.7 Å². The van der Waals surface area contributed by atoms with Crippen molar-refractivity contribution in [3.8, 4) is 5.75 Å². The second-order valence-corrected chi connectivity index (χ2v) is 12.6. The molecule has 2 aliphatic heterocycles. The molecule has 15 heteroatoms. The van der Waals surface area contributed by atoms with Gasteiger partial charge in [0.2, 0.25) is 5.91 Å². The summed E-state index contributed by atoms with van der Waals surface area (Å²) in [6.07, 6.45) is 3.90. The first-order valence-corrected chi connectivity index (χ1v) is 17.0. The second-order valence-electron chi connectivity index (χ2n) is 11.7. The number of aliphatic hydroxyl groups is 3. The number of likely N-dealkylation sites (tertiary alicyclic amines) is 1. The number of nitrogens with zero attached hydrogens (tertiary/aromatic N) is 2. The number of rotatable bonds is 13. The van der Waals surface area contributed by atoms with Gasteiger partial charge in [-0.2, -0.15) is 0 Å². The number of pyridine rings is 1. The fraction of sp³-hybridized carbons (Fsp3) is 0.677. The largest absolute Gasteiger partial charge is 0.519 e. The molecule has 0 bridgehead atoms. The fourth-order valence-electron chi connectivity index (χ4n) is 5.92. The topological polar surface area (TPSA) is 194 Å². The Morgan fingerprint density at radius 2 is 1.96 bits per heavy atom. The van der Waals surface area contributed by atoms with Crippen LogP contribution < -0.4 is 15.9 Å². The molecule has 2 aliphatic rings. The van der Waals surface area contributed by atoms with Gasteiger partial charge in [0.1, 0.15) is 41.6 Å². The lowest BCUT2D eigenvalue weighted by atomic mass is 9.92. The number of hydrogen-bond acceptors (Lipinski definition) is 13. The van der Waals surface area contributed by atoms with Crippen LogP contribution in [0.3, 0.4) is 0 Å². The van der Waals surface area contributed by atoms with Crippen molar-refractivity contribution < 1.29 is 48.0 Å². The standard InChI is InChI=1S/C31H45N3O11S/c1-4-21(27-25(36)24(35)26(37)29(45-27)46-3)33-28(38)22-11-10-19(8-5-6-15-41-20-9-7-13-32-16-20)12-14-34(22)30(39)42-17-23-18(2)43-31(40)44-23/h7,9,13,16,19,21-22,24-27,29,35-37H,4-6,8,10-12,14-15,17H2,1-3H3,(H,33,38)/t19-,21+,22-,24-,25+,26+,27+,29+/m0/s1. The number of amides is 2. The molecule has 8 atom stereocenters. The zero-order valence-corrected chi connectivity index (χ0v) is 27.2. The van der Waals surface area contributed by atoms with Crippen molar-refractivity contribution >= 4 is 23.8 Å². The molecule has 256 valence electrons. The summed E-state index contributed by atoms with van der Waals surface area (Å²) in [5.41, 5.74) is -0.791. The number of aliphatic hydroxyl groups excluding tert-OH is 3. The monoisotopic (exact) mass is 667 g/mol. The van der Waals surface area contributed by atoms with Crippen LogP contribution >= 0.6 is 11.8 Å². The molecule has 4 rings (SSSR count). The van der Waals surface area contributed by atoms with Crippen LogP contribution in [-0.2, 0) is 20.9 Å². The summed E-state index contributed by atoms with van der Waals surface area (Å²) in [4.78, 5) is 44.1. The first kappa shape index (κ1) is 35.7. The number of thioether (sulfide) groups is 1. The van der Waals surface area contributed by atoms with Gasteiger partial charge in [0.15, 0.2) is 18.1 Å². The number of hydrogen-bond donors (Lipinski definition) is 4. The number of nitrogens with one attached hydrogen (secondary N) is 1. The number of aryl methyl sites for hydroxylation is 1. The van der Waals surface area contributed by atoms with Gasteiger partial charge in [0.05, 0.1) is 18.8 Å². The van der Waals surface area contributed by atoms with Crippen LogP contribution in [0.25, 0.3) is 0 Å². The molecule has 4 heterocycles. The first-order valence-electron chi connectivity index (χ1n) is 15.7. The summed E-state index contributed by atoms with van der Waals surface area (Å²) < 4.78 is 26.9. The molecule has 0 aliphatic carbocycles. The molecule has 0 unspecified atom stereocenters. The lowest BCUT2D eigenvalue weighted by Crippen LogP contribution is -2.63. The highest BCUT2D eigenvalue weighted by molar-refractivity contribution is 7.99. The van der Waals surface area contributed by atoms with Crippen molar-refractivity contribution in [2.45, 2.75) is 107 Å². The minimum absolute atomic E-state index is 0.0825. The smallest absolute Gasteiger partial charge is 0.492 e. The predicted octanol–water partition coefficient (Wildman–Crippen LogP) is 2.36. The van der Waals surface area contributed by atoms with Crippen LogP contribution in [0, 0.1) is 12.8 Å². The Kier molecular flexibility index (Phi) is 13.3. The van der Waals surface area contributed by atoms with Crippen LogP contribution in [0.15, 0.2) is 38.2 Å². The average Bonchev–Trinajstić information content (AvgIpc) is 3.23. The summed E-state index contributed by atoms with van der Waals surface area (Å²) in [5.74, 6) is -0.0933. The van der Waals surface area contributed by atoms with E-state index in [4.69, 9.17) is 23.0 Å². The summed E-state index contributed by atoms with van der Waals surface area (Å²) in [6, 6.07) is 2.08. The molecule has 46 heavy (non-hydrogen) atoms. The number of carbonyl (C=O) groups is 2. The molecule has 2 aromatic heterocycles. The van der Waals surface area contributed by atoms with Crippen molar-refractivity contribution in [1.82, 2.24) is 15.2 Å². The molecular formula is C31H45N3O11S. The average molecular weight is 668 g/mol. The number of ether oxygens (including phenoxy) is 3. The van der Waals surface area contributed by atoms with Crippen molar-refractivity contribution in [1.29, 1.82) is 0 Å². The van der Waals surface area contributed by atoms with E-state index in [1.54, 1.807) is 25.6 Å². The normalized spacial score (nSPS) is 27.4. The summed E-state index contributed by atoms with van der Waals surface area (Å²) in [7, 11) is 0. The Labute approximate surface area is 271 Å². The van der Waals surface area contributed by atoms with Gasteiger partial charge in [-0.3, -0.25) is 14.7 Å². The zero-order chi connectivity index (χ0) is 33.2. The summed E-state index contributed by atoms with van der Waals surface area (Å²) >= 11 is 1.19. The van der Waals surface area contributed by atoms with Crippen LogP contribution in [0.5, 0.6) is 5.75 Å². The number of unbranched alkanes of at least 4 members (excludes halogenated alkanes) is 1. The number of carbonyl (C=O) groups excluding carboxylic acids is 2. The molecular weight excluding hydrogens is 622 g/mol. The van der Waals surface area contributed by atoms with Gasteiger partial charge in [0, 0.05) is 12.7 Å². The van der Waals surface area contributed by atoms with E-state index in [0.29, 0.717) is 32.3 Å².